The summed E-state index contributed by atoms with van der Waals surface area (Å²) < 4.78 is 36.3. The summed E-state index contributed by atoms with van der Waals surface area (Å²) in [5.74, 6) is -0.812. The van der Waals surface area contributed by atoms with Crippen molar-refractivity contribution in [3.05, 3.63) is 0 Å². The van der Waals surface area contributed by atoms with E-state index in [9.17, 15) is 35.4 Å². The largest absolute Gasteiger partial charge is 0.479 e. The van der Waals surface area contributed by atoms with Crippen molar-refractivity contribution in [2.75, 3.05) is 13.2 Å². The molecule has 0 bridgehead atoms. The van der Waals surface area contributed by atoms with Crippen LogP contribution in [-0.4, -0.2) is 130 Å². The van der Waals surface area contributed by atoms with Crippen LogP contribution in [-0.2, 0) is 33.2 Å². The Hall–Kier alpha value is -0.970. The fourth-order valence-corrected chi connectivity index (χ4v) is 6.36. The van der Waals surface area contributed by atoms with Gasteiger partial charge in [-0.2, -0.15) is 0 Å². The second-order valence-electron chi connectivity index (χ2n) is 11.8. The fourth-order valence-electron chi connectivity index (χ4n) is 6.36. The molecule has 13 heteroatoms. The predicted molar refractivity (Wildman–Crippen MR) is 129 cm³/mol. The monoisotopic (exact) mass is 562 g/mol. The van der Waals surface area contributed by atoms with E-state index in [1.165, 1.54) is 0 Å². The molecule has 2 saturated carbocycles. The number of hydrogen-bond donors (Lipinski definition) is 6. The minimum absolute atomic E-state index is 0.0289. The zero-order chi connectivity index (χ0) is 28.0. The molecule has 16 unspecified atom stereocenters. The smallest absolute Gasteiger partial charge is 0.332 e. The van der Waals surface area contributed by atoms with Crippen molar-refractivity contribution in [2.24, 2.45) is 17.8 Å². The van der Waals surface area contributed by atoms with Gasteiger partial charge in [-0.1, -0.05) is 13.3 Å². The third kappa shape index (κ3) is 6.14. The van der Waals surface area contributed by atoms with Gasteiger partial charge in [-0.05, 0) is 50.4 Å². The van der Waals surface area contributed by atoms with Crippen LogP contribution in [0.3, 0.4) is 0 Å². The Morgan fingerprint density at radius 1 is 0.846 bits per heavy atom. The summed E-state index contributed by atoms with van der Waals surface area (Å²) in [5.41, 5.74) is 0. The van der Waals surface area contributed by atoms with Gasteiger partial charge in [0.15, 0.2) is 18.7 Å². The van der Waals surface area contributed by atoms with Gasteiger partial charge >= 0.3 is 5.97 Å². The van der Waals surface area contributed by atoms with Crippen molar-refractivity contribution in [2.45, 2.75) is 126 Å². The van der Waals surface area contributed by atoms with E-state index in [2.05, 4.69) is 0 Å². The van der Waals surface area contributed by atoms with Gasteiger partial charge in [0.1, 0.15) is 42.7 Å². The van der Waals surface area contributed by atoms with Crippen molar-refractivity contribution < 1.29 is 63.9 Å². The number of carbonyl (C=O) groups is 1. The number of carboxylic acid groups (broad SMARTS) is 1. The average molecular weight is 563 g/mol. The predicted octanol–water partition coefficient (Wildman–Crippen LogP) is -1.25. The number of aliphatic hydroxyl groups excluding tert-OH is 5. The molecule has 5 fully saturated rings. The minimum Gasteiger partial charge on any atom is -0.479 e. The Labute approximate surface area is 226 Å². The van der Waals surface area contributed by atoms with E-state index in [4.69, 9.17) is 28.4 Å². The summed E-state index contributed by atoms with van der Waals surface area (Å²) in [5, 5.41) is 61.4. The standard InChI is InChI=1S/C26H42O13/c1-10-4-3-5-14(21(10)39-25-20(31)19(30)17(28)11(2)35-25)37-26-23-22(18(29)16(8-27)38-26)36-15(24(32)33)7-12-6-13(12)9-34-23/h10-23,25-31H,3-9H2,1-2H3,(H,32,33). The molecule has 5 aliphatic rings. The van der Waals surface area contributed by atoms with Crippen LogP contribution in [0.25, 0.3) is 0 Å². The molecule has 3 heterocycles. The number of aliphatic carboxylic acids is 1. The van der Waals surface area contributed by atoms with Crippen LogP contribution in [0.4, 0.5) is 0 Å². The van der Waals surface area contributed by atoms with E-state index in [0.29, 0.717) is 19.4 Å². The SMILES string of the molecule is CC1CCCC(OC2OC(CO)C(O)C3OC(C(=O)O)CC4CC4COC23)C1OC1OC(C)C(O)C(O)C1O. The molecule has 39 heavy (non-hydrogen) atoms. The third-order valence-electron chi connectivity index (χ3n) is 8.97. The van der Waals surface area contributed by atoms with Crippen LogP contribution in [0.1, 0.15) is 46.0 Å². The summed E-state index contributed by atoms with van der Waals surface area (Å²) in [7, 11) is 0. The maximum Gasteiger partial charge on any atom is 0.332 e. The molecule has 2 aliphatic carbocycles. The highest BCUT2D eigenvalue weighted by molar-refractivity contribution is 5.72. The first-order chi connectivity index (χ1) is 18.6. The molecule has 16 atom stereocenters. The third-order valence-corrected chi connectivity index (χ3v) is 8.97. The van der Waals surface area contributed by atoms with Crippen molar-refractivity contribution in [1.29, 1.82) is 0 Å². The molecule has 13 nitrogen and oxygen atoms in total. The van der Waals surface area contributed by atoms with E-state index in [1.54, 1.807) is 6.92 Å². The Balaban J connectivity index is 1.35. The quantitative estimate of drug-likeness (QED) is 0.225. The van der Waals surface area contributed by atoms with Crippen molar-refractivity contribution in [3.63, 3.8) is 0 Å². The molecule has 5 rings (SSSR count). The van der Waals surface area contributed by atoms with Gasteiger partial charge in [0.2, 0.25) is 0 Å². The molecular formula is C26H42O13. The highest BCUT2D eigenvalue weighted by Gasteiger charge is 2.54. The summed E-state index contributed by atoms with van der Waals surface area (Å²) in [6.07, 6.45) is -10.7. The first kappa shape index (κ1) is 29.5. The number of hydrogen-bond acceptors (Lipinski definition) is 12. The molecule has 0 spiro atoms. The van der Waals surface area contributed by atoms with Crippen LogP contribution in [0.5, 0.6) is 0 Å². The second kappa shape index (κ2) is 12.1. The Bertz CT molecular complexity index is 845. The van der Waals surface area contributed by atoms with E-state index < -0.39 is 92.3 Å². The van der Waals surface area contributed by atoms with Crippen LogP contribution in [0.15, 0.2) is 0 Å². The molecule has 0 aromatic heterocycles. The molecule has 224 valence electrons. The van der Waals surface area contributed by atoms with Crippen LogP contribution in [0.2, 0.25) is 0 Å². The summed E-state index contributed by atoms with van der Waals surface area (Å²) >= 11 is 0. The van der Waals surface area contributed by atoms with Crippen LogP contribution >= 0.6 is 0 Å². The second-order valence-corrected chi connectivity index (χ2v) is 11.8. The fraction of sp³-hybridized carbons (Fsp3) is 0.962. The lowest BCUT2D eigenvalue weighted by Crippen LogP contribution is -2.63. The lowest BCUT2D eigenvalue weighted by molar-refractivity contribution is -0.352. The van der Waals surface area contributed by atoms with Gasteiger partial charge in [0.05, 0.1) is 31.5 Å². The number of fused-ring (bicyclic) bond motifs is 2. The molecule has 0 radical (unpaired) electrons. The van der Waals surface area contributed by atoms with E-state index in [0.717, 1.165) is 19.3 Å². The van der Waals surface area contributed by atoms with Gasteiger partial charge in [0, 0.05) is 0 Å². The average Bonchev–Trinajstić information content (AvgIpc) is 3.64. The van der Waals surface area contributed by atoms with Gasteiger partial charge < -0.3 is 59.1 Å². The van der Waals surface area contributed by atoms with Gasteiger partial charge in [-0.15, -0.1) is 0 Å². The zero-order valence-corrected chi connectivity index (χ0v) is 22.2. The normalized spacial score (nSPS) is 52.5. The Morgan fingerprint density at radius 3 is 2.33 bits per heavy atom. The summed E-state index contributed by atoms with van der Waals surface area (Å²) in [6.45, 7) is 3.34. The number of aliphatic hydroxyl groups is 5. The molecule has 0 aromatic rings. The van der Waals surface area contributed by atoms with Gasteiger partial charge in [-0.25, -0.2) is 4.79 Å². The number of rotatable bonds is 6. The Kier molecular flexibility index (Phi) is 9.16. The number of ether oxygens (including phenoxy) is 6. The zero-order valence-electron chi connectivity index (χ0n) is 22.2. The van der Waals surface area contributed by atoms with E-state index >= 15 is 0 Å². The molecule has 0 aromatic carbocycles. The maximum atomic E-state index is 11.9. The molecule has 3 saturated heterocycles. The summed E-state index contributed by atoms with van der Waals surface area (Å²) in [4.78, 5) is 11.9. The first-order valence-corrected chi connectivity index (χ1v) is 14.0. The summed E-state index contributed by atoms with van der Waals surface area (Å²) in [6, 6.07) is 0. The molecular weight excluding hydrogens is 520 g/mol. The van der Waals surface area contributed by atoms with Crippen LogP contribution < -0.4 is 0 Å². The Morgan fingerprint density at radius 2 is 1.62 bits per heavy atom. The van der Waals surface area contributed by atoms with Crippen LogP contribution in [0, 0.1) is 17.8 Å². The highest BCUT2D eigenvalue weighted by atomic mass is 16.7. The molecule has 6 N–H and O–H groups in total. The van der Waals surface area contributed by atoms with E-state index in [-0.39, 0.29) is 17.8 Å². The van der Waals surface area contributed by atoms with E-state index in [1.807, 2.05) is 6.92 Å². The van der Waals surface area contributed by atoms with Gasteiger partial charge in [0.25, 0.3) is 0 Å². The molecule has 3 aliphatic heterocycles. The lowest BCUT2D eigenvalue weighted by Gasteiger charge is -2.47. The molecule has 0 amide bonds. The minimum atomic E-state index is -1.47. The highest BCUT2D eigenvalue weighted by Crippen LogP contribution is 2.45. The van der Waals surface area contributed by atoms with Crippen molar-refractivity contribution in [1.82, 2.24) is 0 Å². The van der Waals surface area contributed by atoms with Crippen molar-refractivity contribution >= 4 is 5.97 Å². The maximum absolute atomic E-state index is 11.9. The lowest BCUT2D eigenvalue weighted by atomic mass is 9.85. The topological polar surface area (TPSA) is 194 Å². The van der Waals surface area contributed by atoms with Gasteiger partial charge in [-0.3, -0.25) is 0 Å². The van der Waals surface area contributed by atoms with Crippen molar-refractivity contribution in [3.8, 4) is 0 Å². The number of carboxylic acids is 1. The first-order valence-electron chi connectivity index (χ1n) is 14.0.